The number of amides is 2. The van der Waals surface area contributed by atoms with Gasteiger partial charge in [-0.25, -0.2) is 9.69 Å². The summed E-state index contributed by atoms with van der Waals surface area (Å²) in [4.78, 5) is 37.7. The van der Waals surface area contributed by atoms with Crippen molar-refractivity contribution < 1.29 is 24.0 Å². The molecule has 4 rings (SSSR count). The molecule has 0 spiro atoms. The van der Waals surface area contributed by atoms with E-state index in [0.29, 0.717) is 22.8 Å². The van der Waals surface area contributed by atoms with Gasteiger partial charge in [-0.1, -0.05) is 78.3 Å². The number of rotatable bonds is 10. The molecular weight excluding hydrogens is 484 g/mol. The number of carbonyl (C=O) groups excluding carboxylic acids is 2. The lowest BCUT2D eigenvalue weighted by Gasteiger charge is -2.22. The number of hydrogen-bond acceptors (Lipinski definition) is 6. The van der Waals surface area contributed by atoms with Crippen molar-refractivity contribution in [2.24, 2.45) is 0 Å². The molecule has 1 aliphatic rings. The summed E-state index contributed by atoms with van der Waals surface area (Å²) in [6.45, 7) is -0.140. The van der Waals surface area contributed by atoms with Gasteiger partial charge in [0.05, 0.1) is 17.0 Å². The molecule has 1 saturated heterocycles. The minimum Gasteiger partial charge on any atom is -0.487 e. The Morgan fingerprint density at radius 1 is 1.08 bits per heavy atom. The molecule has 1 fully saturated rings. The standard InChI is InChI=1S/C27H25ClN2O6/c28-24-12-11-21(14-25(24)35-17-20-9-5-2-6-10-20)22(16-29(33)34)15-26(31)30-23(18-36-27(30)32)13-19-7-3-1-4-8-19/h1-12,14,22-23H,13,15-18H2. The number of nitro groups is 1. The SMILES string of the molecule is O=C(CC(C[N+](=O)[O-])c1ccc(Cl)c(OCc2ccccc2)c1)N1C(=O)OCC1Cc1ccccc1. The van der Waals surface area contributed by atoms with Gasteiger partial charge < -0.3 is 9.47 Å². The Balaban J connectivity index is 1.51. The van der Waals surface area contributed by atoms with Crippen LogP contribution in [0.4, 0.5) is 4.79 Å². The highest BCUT2D eigenvalue weighted by Crippen LogP contribution is 2.32. The van der Waals surface area contributed by atoms with Gasteiger partial charge in [0.2, 0.25) is 12.5 Å². The van der Waals surface area contributed by atoms with E-state index in [1.807, 2.05) is 60.7 Å². The van der Waals surface area contributed by atoms with Gasteiger partial charge in [0.1, 0.15) is 19.0 Å². The summed E-state index contributed by atoms with van der Waals surface area (Å²) >= 11 is 6.30. The number of ether oxygens (including phenoxy) is 2. The summed E-state index contributed by atoms with van der Waals surface area (Å²) in [5, 5.41) is 11.8. The van der Waals surface area contributed by atoms with Crippen LogP contribution in [0.15, 0.2) is 78.9 Å². The fraction of sp³-hybridized carbons (Fsp3) is 0.259. The normalized spacial score (nSPS) is 15.9. The van der Waals surface area contributed by atoms with Crippen LogP contribution < -0.4 is 4.74 Å². The fourth-order valence-electron chi connectivity index (χ4n) is 4.20. The number of cyclic esters (lactones) is 1. The van der Waals surface area contributed by atoms with Crippen LogP contribution >= 0.6 is 11.6 Å². The van der Waals surface area contributed by atoms with Gasteiger partial charge >= 0.3 is 6.09 Å². The van der Waals surface area contributed by atoms with Crippen LogP contribution in [0, 0.1) is 10.1 Å². The fourth-order valence-corrected chi connectivity index (χ4v) is 4.37. The first-order valence-electron chi connectivity index (χ1n) is 11.5. The van der Waals surface area contributed by atoms with Crippen LogP contribution in [-0.4, -0.2) is 41.0 Å². The molecule has 0 bridgehead atoms. The molecular formula is C27H25ClN2O6. The Bertz CT molecular complexity index is 1220. The van der Waals surface area contributed by atoms with Crippen molar-refractivity contribution in [3.63, 3.8) is 0 Å². The monoisotopic (exact) mass is 508 g/mol. The summed E-state index contributed by atoms with van der Waals surface area (Å²) in [7, 11) is 0. The maximum absolute atomic E-state index is 13.2. The zero-order chi connectivity index (χ0) is 25.5. The molecule has 186 valence electrons. The molecule has 0 aliphatic carbocycles. The van der Waals surface area contributed by atoms with E-state index in [1.165, 1.54) is 0 Å². The Labute approximate surface area is 213 Å². The van der Waals surface area contributed by atoms with E-state index in [4.69, 9.17) is 21.1 Å². The van der Waals surface area contributed by atoms with Crippen molar-refractivity contribution in [3.8, 4) is 5.75 Å². The Morgan fingerprint density at radius 2 is 1.75 bits per heavy atom. The molecule has 1 aliphatic heterocycles. The van der Waals surface area contributed by atoms with Crippen molar-refractivity contribution in [3.05, 3.63) is 111 Å². The third-order valence-corrected chi connectivity index (χ3v) is 6.31. The van der Waals surface area contributed by atoms with Gasteiger partial charge in [-0.2, -0.15) is 0 Å². The van der Waals surface area contributed by atoms with Crippen LogP contribution in [-0.2, 0) is 22.6 Å². The second kappa shape index (κ2) is 11.7. The molecule has 0 saturated carbocycles. The van der Waals surface area contributed by atoms with Crippen LogP contribution in [0.1, 0.15) is 29.0 Å². The molecule has 2 unspecified atom stereocenters. The van der Waals surface area contributed by atoms with Crippen molar-refractivity contribution in [2.75, 3.05) is 13.2 Å². The third-order valence-electron chi connectivity index (χ3n) is 6.00. The van der Waals surface area contributed by atoms with Crippen LogP contribution in [0.3, 0.4) is 0 Å². The summed E-state index contributed by atoms with van der Waals surface area (Å²) in [5.41, 5.74) is 2.42. The predicted molar refractivity (Wildman–Crippen MR) is 134 cm³/mol. The molecule has 9 heteroatoms. The van der Waals surface area contributed by atoms with Crippen LogP contribution in [0.25, 0.3) is 0 Å². The molecule has 3 aromatic rings. The zero-order valence-corrected chi connectivity index (χ0v) is 20.2. The van der Waals surface area contributed by atoms with E-state index >= 15 is 0 Å². The van der Waals surface area contributed by atoms with E-state index in [9.17, 15) is 19.7 Å². The average Bonchev–Trinajstić information content (AvgIpc) is 3.24. The molecule has 1 heterocycles. The van der Waals surface area contributed by atoms with Crippen molar-refractivity contribution in [1.82, 2.24) is 4.90 Å². The van der Waals surface area contributed by atoms with Crippen molar-refractivity contribution in [2.45, 2.75) is 31.4 Å². The molecule has 36 heavy (non-hydrogen) atoms. The highest BCUT2D eigenvalue weighted by atomic mass is 35.5. The third kappa shape index (κ3) is 6.40. The van der Waals surface area contributed by atoms with E-state index in [2.05, 4.69) is 0 Å². The summed E-state index contributed by atoms with van der Waals surface area (Å²) < 4.78 is 11.0. The maximum Gasteiger partial charge on any atom is 0.416 e. The predicted octanol–water partition coefficient (Wildman–Crippen LogP) is 5.26. The first kappa shape index (κ1) is 25.2. The first-order chi connectivity index (χ1) is 17.4. The maximum atomic E-state index is 13.2. The molecule has 8 nitrogen and oxygen atoms in total. The Kier molecular flexibility index (Phi) is 8.17. The summed E-state index contributed by atoms with van der Waals surface area (Å²) in [6, 6.07) is 23.3. The van der Waals surface area contributed by atoms with Gasteiger partial charge in [0.15, 0.2) is 0 Å². The second-order valence-electron chi connectivity index (χ2n) is 8.56. The Morgan fingerprint density at radius 3 is 2.42 bits per heavy atom. The quantitative estimate of drug-likeness (QED) is 0.273. The smallest absolute Gasteiger partial charge is 0.416 e. The zero-order valence-electron chi connectivity index (χ0n) is 19.4. The summed E-state index contributed by atoms with van der Waals surface area (Å²) in [5.74, 6) is -0.942. The second-order valence-corrected chi connectivity index (χ2v) is 8.97. The number of benzene rings is 3. The highest BCUT2D eigenvalue weighted by Gasteiger charge is 2.39. The molecule has 2 atom stereocenters. The first-order valence-corrected chi connectivity index (χ1v) is 11.9. The lowest BCUT2D eigenvalue weighted by Crippen LogP contribution is -2.41. The lowest BCUT2D eigenvalue weighted by atomic mass is 9.94. The van der Waals surface area contributed by atoms with E-state index in [-0.39, 0.29) is 19.6 Å². The molecule has 0 aromatic heterocycles. The van der Waals surface area contributed by atoms with Gasteiger partial charge in [-0.15, -0.1) is 0 Å². The average molecular weight is 509 g/mol. The van der Waals surface area contributed by atoms with Gasteiger partial charge in [0, 0.05) is 11.3 Å². The molecule has 0 N–H and O–H groups in total. The lowest BCUT2D eigenvalue weighted by molar-refractivity contribution is -0.483. The molecule has 3 aromatic carbocycles. The van der Waals surface area contributed by atoms with E-state index < -0.39 is 35.4 Å². The number of carbonyl (C=O) groups is 2. The van der Waals surface area contributed by atoms with Gasteiger partial charge in [-0.05, 0) is 35.2 Å². The topological polar surface area (TPSA) is 99.0 Å². The summed E-state index contributed by atoms with van der Waals surface area (Å²) in [6.07, 6.45) is -0.526. The van der Waals surface area contributed by atoms with Crippen LogP contribution in [0.5, 0.6) is 5.75 Å². The molecule has 2 amide bonds. The number of hydrogen-bond donors (Lipinski definition) is 0. The van der Waals surface area contributed by atoms with Gasteiger partial charge in [0.25, 0.3) is 0 Å². The largest absolute Gasteiger partial charge is 0.487 e. The number of imide groups is 1. The van der Waals surface area contributed by atoms with Crippen LogP contribution in [0.2, 0.25) is 5.02 Å². The minimum absolute atomic E-state index is 0.0811. The number of nitrogens with zero attached hydrogens (tertiary/aromatic N) is 2. The van der Waals surface area contributed by atoms with Crippen molar-refractivity contribution in [1.29, 1.82) is 0 Å². The van der Waals surface area contributed by atoms with E-state index in [0.717, 1.165) is 16.0 Å². The Hall–Kier alpha value is -3.91. The van der Waals surface area contributed by atoms with Crippen molar-refractivity contribution >= 4 is 23.6 Å². The number of halogens is 1. The van der Waals surface area contributed by atoms with Gasteiger partial charge in [-0.3, -0.25) is 14.9 Å². The molecule has 0 radical (unpaired) electrons. The van der Waals surface area contributed by atoms with E-state index in [1.54, 1.807) is 18.2 Å². The minimum atomic E-state index is -0.783. The highest BCUT2D eigenvalue weighted by molar-refractivity contribution is 6.32.